The highest BCUT2D eigenvalue weighted by Gasteiger charge is 2.01. The van der Waals surface area contributed by atoms with Crippen LogP contribution in [-0.4, -0.2) is 10.3 Å². The molecule has 0 radical (unpaired) electrons. The summed E-state index contributed by atoms with van der Waals surface area (Å²) >= 11 is 15.0. The summed E-state index contributed by atoms with van der Waals surface area (Å²) in [6.07, 6.45) is 6.59. The average molecular weight is 281 g/mol. The smallest absolute Gasteiger partial charge is 0.148 e. The van der Waals surface area contributed by atoms with Crippen molar-refractivity contribution in [2.24, 2.45) is 0 Å². The minimum absolute atomic E-state index is 0.350. The summed E-state index contributed by atoms with van der Waals surface area (Å²) in [6.45, 7) is 0. The van der Waals surface area contributed by atoms with E-state index in [1.807, 2.05) is 18.2 Å². The van der Waals surface area contributed by atoms with Gasteiger partial charge >= 0.3 is 0 Å². The molecule has 0 saturated heterocycles. The van der Waals surface area contributed by atoms with Gasteiger partial charge in [-0.3, -0.25) is 0 Å². The van der Waals surface area contributed by atoms with Crippen LogP contribution in [0.2, 0.25) is 10.2 Å². The molecule has 0 aromatic carbocycles. The third-order valence-electron chi connectivity index (χ3n) is 1.45. The van der Waals surface area contributed by atoms with E-state index in [2.05, 4.69) is 20.9 Å². The number of aromatic nitrogens is 1. The minimum atomic E-state index is 0.350. The lowest BCUT2D eigenvalue weighted by Crippen LogP contribution is -1.80. The molecule has 1 rings (SSSR count). The van der Waals surface area contributed by atoms with Gasteiger partial charge in [-0.1, -0.05) is 51.3 Å². The fraction of sp³-hybridized carbons (Fsp3) is 0.222. The van der Waals surface area contributed by atoms with Crippen molar-refractivity contribution in [3.63, 3.8) is 0 Å². The molecular weight excluding hydrogens is 273 g/mol. The maximum Gasteiger partial charge on any atom is 0.148 e. The van der Waals surface area contributed by atoms with Gasteiger partial charge < -0.3 is 0 Å². The number of nitrogens with zero attached hydrogens (tertiary/aromatic N) is 1. The Kier molecular flexibility index (Phi) is 4.78. The van der Waals surface area contributed by atoms with E-state index in [0.29, 0.717) is 10.2 Å². The Morgan fingerprint density at radius 1 is 1.46 bits per heavy atom. The molecule has 0 atom stereocenters. The summed E-state index contributed by atoms with van der Waals surface area (Å²) in [5.74, 6) is 0. The number of allylic oxidation sites excluding steroid dienone is 1. The molecule has 0 bridgehead atoms. The van der Waals surface area contributed by atoms with Crippen LogP contribution < -0.4 is 0 Å². The number of hydrogen-bond acceptors (Lipinski definition) is 1. The molecule has 4 heteroatoms. The van der Waals surface area contributed by atoms with Gasteiger partial charge in [-0.2, -0.15) is 0 Å². The van der Waals surface area contributed by atoms with Gasteiger partial charge in [0.2, 0.25) is 0 Å². The van der Waals surface area contributed by atoms with E-state index in [1.54, 1.807) is 6.20 Å². The highest BCUT2D eigenvalue weighted by Crippen LogP contribution is 2.24. The van der Waals surface area contributed by atoms with Gasteiger partial charge in [-0.25, -0.2) is 4.98 Å². The van der Waals surface area contributed by atoms with Crippen molar-refractivity contribution in [3.05, 3.63) is 34.1 Å². The fourth-order valence-electron chi connectivity index (χ4n) is 0.834. The molecule has 0 fully saturated rings. The topological polar surface area (TPSA) is 12.9 Å². The van der Waals surface area contributed by atoms with Crippen LogP contribution in [-0.2, 0) is 0 Å². The molecule has 0 saturated carbocycles. The Morgan fingerprint density at radius 2 is 2.23 bits per heavy atom. The largest absolute Gasteiger partial charge is 0.243 e. The van der Waals surface area contributed by atoms with Gasteiger partial charge in [0.25, 0.3) is 0 Å². The first-order valence-corrected chi connectivity index (χ1v) is 5.66. The van der Waals surface area contributed by atoms with Crippen LogP contribution in [0.3, 0.4) is 0 Å². The lowest BCUT2D eigenvalue weighted by atomic mass is 10.2. The first-order valence-electron chi connectivity index (χ1n) is 3.78. The van der Waals surface area contributed by atoms with Gasteiger partial charge in [-0.05, 0) is 18.1 Å². The molecular formula is C9H8BrCl2N. The minimum Gasteiger partial charge on any atom is -0.243 e. The SMILES string of the molecule is Clc1nccc(C=CCCBr)c1Cl. The van der Waals surface area contributed by atoms with Gasteiger partial charge in [0.15, 0.2) is 0 Å². The van der Waals surface area contributed by atoms with Crippen LogP contribution >= 0.6 is 39.1 Å². The van der Waals surface area contributed by atoms with E-state index in [-0.39, 0.29) is 0 Å². The van der Waals surface area contributed by atoms with Crippen LogP contribution in [0.25, 0.3) is 6.08 Å². The molecule has 0 unspecified atom stereocenters. The maximum absolute atomic E-state index is 5.91. The zero-order valence-electron chi connectivity index (χ0n) is 6.80. The summed E-state index contributed by atoms with van der Waals surface area (Å²) in [5, 5.41) is 1.80. The quantitative estimate of drug-likeness (QED) is 0.598. The molecule has 0 spiro atoms. The van der Waals surface area contributed by atoms with Crippen molar-refractivity contribution in [2.75, 3.05) is 5.33 Å². The summed E-state index contributed by atoms with van der Waals surface area (Å²) in [4.78, 5) is 3.86. The monoisotopic (exact) mass is 279 g/mol. The van der Waals surface area contributed by atoms with Crippen LogP contribution in [0.4, 0.5) is 0 Å². The van der Waals surface area contributed by atoms with Crippen molar-refractivity contribution in [2.45, 2.75) is 6.42 Å². The molecule has 1 aromatic heterocycles. The fourth-order valence-corrected chi connectivity index (χ4v) is 1.44. The second-order valence-electron chi connectivity index (χ2n) is 2.38. The number of hydrogen-bond donors (Lipinski definition) is 0. The summed E-state index contributed by atoms with van der Waals surface area (Å²) < 4.78 is 0. The van der Waals surface area contributed by atoms with Crippen LogP contribution in [0.15, 0.2) is 18.3 Å². The Balaban J connectivity index is 2.83. The number of pyridine rings is 1. The molecule has 13 heavy (non-hydrogen) atoms. The molecule has 0 aliphatic rings. The average Bonchev–Trinajstić information content (AvgIpc) is 2.13. The lowest BCUT2D eigenvalue weighted by molar-refractivity contribution is 1.27. The molecule has 70 valence electrons. The number of alkyl halides is 1. The van der Waals surface area contributed by atoms with E-state index in [9.17, 15) is 0 Å². The summed E-state index contributed by atoms with van der Waals surface area (Å²) in [5.41, 5.74) is 0.905. The third-order valence-corrected chi connectivity index (χ3v) is 2.69. The van der Waals surface area contributed by atoms with E-state index >= 15 is 0 Å². The van der Waals surface area contributed by atoms with Crippen LogP contribution in [0, 0.1) is 0 Å². The molecule has 0 aliphatic carbocycles. The van der Waals surface area contributed by atoms with Crippen molar-refractivity contribution in [3.8, 4) is 0 Å². The molecule has 1 aromatic rings. The first-order chi connectivity index (χ1) is 6.25. The zero-order valence-corrected chi connectivity index (χ0v) is 9.90. The zero-order chi connectivity index (χ0) is 9.68. The molecule has 0 aliphatic heterocycles. The molecule has 1 nitrogen and oxygen atoms in total. The molecule has 0 amide bonds. The first kappa shape index (κ1) is 11.0. The van der Waals surface area contributed by atoms with Crippen molar-refractivity contribution < 1.29 is 0 Å². The van der Waals surface area contributed by atoms with Gasteiger partial charge in [0.1, 0.15) is 5.15 Å². The standard InChI is InChI=1S/C9H8BrCl2N/c10-5-2-1-3-7-4-6-13-9(12)8(7)11/h1,3-4,6H,2,5H2. The summed E-state index contributed by atoms with van der Waals surface area (Å²) in [6, 6.07) is 1.83. The molecule has 0 N–H and O–H groups in total. The van der Waals surface area contributed by atoms with E-state index < -0.39 is 0 Å². The van der Waals surface area contributed by atoms with Crippen LogP contribution in [0.1, 0.15) is 12.0 Å². The van der Waals surface area contributed by atoms with Gasteiger partial charge in [-0.15, -0.1) is 0 Å². The predicted molar refractivity (Wildman–Crippen MR) is 61.7 cm³/mol. The van der Waals surface area contributed by atoms with Crippen molar-refractivity contribution in [1.82, 2.24) is 4.98 Å². The third kappa shape index (κ3) is 3.29. The Labute approximate surface area is 95.9 Å². The van der Waals surface area contributed by atoms with E-state index in [0.717, 1.165) is 17.3 Å². The maximum atomic E-state index is 5.91. The second kappa shape index (κ2) is 5.63. The van der Waals surface area contributed by atoms with Gasteiger partial charge in [0, 0.05) is 11.5 Å². The van der Waals surface area contributed by atoms with E-state index in [4.69, 9.17) is 23.2 Å². The Hall–Kier alpha value is -0.0500. The second-order valence-corrected chi connectivity index (χ2v) is 3.91. The van der Waals surface area contributed by atoms with Crippen LogP contribution in [0.5, 0.6) is 0 Å². The van der Waals surface area contributed by atoms with Gasteiger partial charge in [0.05, 0.1) is 5.02 Å². The Morgan fingerprint density at radius 3 is 2.92 bits per heavy atom. The highest BCUT2D eigenvalue weighted by molar-refractivity contribution is 9.09. The normalized spacial score (nSPS) is 11.0. The Bertz CT molecular complexity index is 312. The molecule has 1 heterocycles. The predicted octanol–water partition coefficient (Wildman–Crippen LogP) is 4.19. The van der Waals surface area contributed by atoms with E-state index in [1.165, 1.54) is 0 Å². The highest BCUT2D eigenvalue weighted by atomic mass is 79.9. The number of rotatable bonds is 3. The summed E-state index contributed by atoms with van der Waals surface area (Å²) in [7, 11) is 0. The number of halogens is 3. The van der Waals surface area contributed by atoms with Crippen molar-refractivity contribution in [1.29, 1.82) is 0 Å². The van der Waals surface area contributed by atoms with Crippen molar-refractivity contribution >= 4 is 45.2 Å². The lowest BCUT2D eigenvalue weighted by Gasteiger charge is -1.98.